The summed E-state index contributed by atoms with van der Waals surface area (Å²) in [5.74, 6) is -1.34. The molecule has 0 saturated heterocycles. The van der Waals surface area contributed by atoms with Crippen molar-refractivity contribution in [2.24, 2.45) is 0 Å². The Balaban J connectivity index is 1.94. The molecule has 2 rings (SSSR count). The fourth-order valence-corrected chi connectivity index (χ4v) is 2.57. The molecule has 0 bridgehead atoms. The highest BCUT2D eigenvalue weighted by molar-refractivity contribution is 9.10. The molecule has 0 aliphatic carbocycles. The van der Waals surface area contributed by atoms with Gasteiger partial charge in [-0.25, -0.2) is 4.79 Å². The number of nitrogens with one attached hydrogen (secondary N) is 1. The molecule has 0 heterocycles. The number of halogens is 1. The first-order valence-corrected chi connectivity index (χ1v) is 8.95. The second-order valence-electron chi connectivity index (χ2n) is 6.01. The molecule has 1 N–H and O–H groups in total. The number of amides is 1. The van der Waals surface area contributed by atoms with E-state index < -0.39 is 18.1 Å². The molecule has 0 saturated carbocycles. The average Bonchev–Trinajstić information content (AvgIpc) is 2.61. The molecule has 0 radical (unpaired) electrons. The van der Waals surface area contributed by atoms with Gasteiger partial charge < -0.3 is 10.1 Å². The van der Waals surface area contributed by atoms with Crippen molar-refractivity contribution in [2.45, 2.75) is 32.9 Å². The van der Waals surface area contributed by atoms with Crippen LogP contribution in [0.5, 0.6) is 0 Å². The van der Waals surface area contributed by atoms with Crippen molar-refractivity contribution < 1.29 is 19.1 Å². The van der Waals surface area contributed by atoms with Crippen LogP contribution in [0.1, 0.15) is 40.1 Å². The smallest absolute Gasteiger partial charge is 0.329 e. The third-order valence-corrected chi connectivity index (χ3v) is 4.30. The topological polar surface area (TPSA) is 72.5 Å². The number of ether oxygens (including phenoxy) is 1. The van der Waals surface area contributed by atoms with Gasteiger partial charge in [0.25, 0.3) is 5.91 Å². The zero-order valence-corrected chi connectivity index (χ0v) is 16.4. The van der Waals surface area contributed by atoms with Crippen molar-refractivity contribution in [3.8, 4) is 0 Å². The fourth-order valence-electron chi connectivity index (χ4n) is 2.30. The van der Waals surface area contributed by atoms with Crippen LogP contribution >= 0.6 is 15.9 Å². The Morgan fingerprint density at radius 2 is 1.65 bits per heavy atom. The molecular weight excluding hydrogens is 398 g/mol. The van der Waals surface area contributed by atoms with Gasteiger partial charge in [-0.05, 0) is 45.0 Å². The molecule has 5 nitrogen and oxygen atoms in total. The number of Topliss-reactive ketones (excluding diaryl/α,β-unsaturated/α-hetero) is 1. The van der Waals surface area contributed by atoms with Crippen molar-refractivity contribution >= 4 is 33.6 Å². The van der Waals surface area contributed by atoms with Gasteiger partial charge in [-0.3, -0.25) is 9.59 Å². The number of esters is 1. The monoisotopic (exact) mass is 417 g/mol. The van der Waals surface area contributed by atoms with E-state index in [1.165, 1.54) is 13.8 Å². The molecule has 0 aliphatic heterocycles. The Morgan fingerprint density at radius 3 is 2.27 bits per heavy atom. The standard InChI is InChI=1S/C20H20BrNO4/c1-12-5-4-6-16(11-12)19(24)22-13(2)20(25)26-14(3)18(23)15-7-9-17(21)10-8-15/h4-11,13-14H,1-3H3,(H,22,24)/t13-,14+/m0/s1. The van der Waals surface area contributed by atoms with Crippen LogP contribution in [0.2, 0.25) is 0 Å². The van der Waals surface area contributed by atoms with Crippen molar-refractivity contribution in [1.82, 2.24) is 5.32 Å². The zero-order valence-electron chi connectivity index (χ0n) is 14.8. The number of carbonyl (C=O) groups excluding carboxylic acids is 3. The van der Waals surface area contributed by atoms with Gasteiger partial charge in [0.05, 0.1) is 0 Å². The van der Waals surface area contributed by atoms with Gasteiger partial charge in [0.15, 0.2) is 6.10 Å². The summed E-state index contributed by atoms with van der Waals surface area (Å²) in [6, 6.07) is 13.0. The number of carbonyl (C=O) groups is 3. The summed E-state index contributed by atoms with van der Waals surface area (Å²) in [5, 5.41) is 2.58. The Morgan fingerprint density at radius 1 is 1.00 bits per heavy atom. The summed E-state index contributed by atoms with van der Waals surface area (Å²) in [4.78, 5) is 36.7. The van der Waals surface area contributed by atoms with E-state index in [1.807, 2.05) is 13.0 Å². The number of benzene rings is 2. The SMILES string of the molecule is Cc1cccc(C(=O)N[C@@H](C)C(=O)O[C@H](C)C(=O)c2ccc(Br)cc2)c1. The van der Waals surface area contributed by atoms with E-state index in [-0.39, 0.29) is 11.7 Å². The third kappa shape index (κ3) is 5.26. The number of aryl methyl sites for hydroxylation is 1. The van der Waals surface area contributed by atoms with E-state index in [2.05, 4.69) is 21.2 Å². The highest BCUT2D eigenvalue weighted by atomic mass is 79.9. The minimum atomic E-state index is -0.943. The van der Waals surface area contributed by atoms with Crippen LogP contribution < -0.4 is 5.32 Å². The highest BCUT2D eigenvalue weighted by Crippen LogP contribution is 2.13. The summed E-state index contributed by atoms with van der Waals surface area (Å²) in [5.41, 5.74) is 1.86. The summed E-state index contributed by atoms with van der Waals surface area (Å²) in [6.45, 7) is 4.91. The van der Waals surface area contributed by atoms with E-state index in [1.54, 1.807) is 42.5 Å². The van der Waals surface area contributed by atoms with Crippen molar-refractivity contribution in [2.75, 3.05) is 0 Å². The summed E-state index contributed by atoms with van der Waals surface area (Å²) >= 11 is 3.30. The molecule has 0 spiro atoms. The maximum absolute atomic E-state index is 12.3. The lowest BCUT2D eigenvalue weighted by atomic mass is 10.1. The van der Waals surface area contributed by atoms with Crippen molar-refractivity contribution in [3.05, 3.63) is 69.7 Å². The lowest BCUT2D eigenvalue weighted by Gasteiger charge is -2.17. The normalized spacial score (nSPS) is 12.8. The predicted octanol–water partition coefficient (Wildman–Crippen LogP) is 3.69. The maximum Gasteiger partial charge on any atom is 0.329 e. The second kappa shape index (κ2) is 8.76. The van der Waals surface area contributed by atoms with Crippen LogP contribution in [-0.2, 0) is 9.53 Å². The van der Waals surface area contributed by atoms with Crippen LogP contribution in [0.25, 0.3) is 0 Å². The molecule has 0 aliphatic rings. The van der Waals surface area contributed by atoms with Crippen molar-refractivity contribution in [1.29, 1.82) is 0 Å². The average molecular weight is 418 g/mol. The summed E-state index contributed by atoms with van der Waals surface area (Å²) in [7, 11) is 0. The fraction of sp³-hybridized carbons (Fsp3) is 0.250. The molecule has 0 unspecified atom stereocenters. The van der Waals surface area contributed by atoms with E-state index in [0.29, 0.717) is 11.1 Å². The van der Waals surface area contributed by atoms with E-state index >= 15 is 0 Å². The Labute approximate surface area is 160 Å². The van der Waals surface area contributed by atoms with Crippen LogP contribution in [0.4, 0.5) is 0 Å². The number of hydrogen-bond donors (Lipinski definition) is 1. The molecule has 26 heavy (non-hydrogen) atoms. The first-order valence-electron chi connectivity index (χ1n) is 8.15. The van der Waals surface area contributed by atoms with E-state index in [0.717, 1.165) is 10.0 Å². The summed E-state index contributed by atoms with van der Waals surface area (Å²) in [6.07, 6.45) is -0.943. The zero-order chi connectivity index (χ0) is 19.3. The van der Waals surface area contributed by atoms with Gasteiger partial charge in [-0.1, -0.05) is 45.8 Å². The number of ketones is 1. The van der Waals surface area contributed by atoms with E-state index in [9.17, 15) is 14.4 Å². The predicted molar refractivity (Wildman–Crippen MR) is 102 cm³/mol. The Hall–Kier alpha value is -2.47. The van der Waals surface area contributed by atoms with Gasteiger partial charge in [0.1, 0.15) is 6.04 Å². The van der Waals surface area contributed by atoms with Gasteiger partial charge >= 0.3 is 5.97 Å². The highest BCUT2D eigenvalue weighted by Gasteiger charge is 2.24. The first-order chi connectivity index (χ1) is 12.3. The lowest BCUT2D eigenvalue weighted by molar-refractivity contribution is -0.148. The van der Waals surface area contributed by atoms with Gasteiger partial charge in [-0.2, -0.15) is 0 Å². The lowest BCUT2D eigenvalue weighted by Crippen LogP contribution is -2.41. The first kappa shape index (κ1) is 19.8. The van der Waals surface area contributed by atoms with Crippen molar-refractivity contribution in [3.63, 3.8) is 0 Å². The van der Waals surface area contributed by atoms with Gasteiger partial charge in [0, 0.05) is 15.6 Å². The molecule has 2 atom stereocenters. The van der Waals surface area contributed by atoms with E-state index in [4.69, 9.17) is 4.74 Å². The Kier molecular flexibility index (Phi) is 6.69. The molecule has 0 fully saturated rings. The van der Waals surface area contributed by atoms with Crippen LogP contribution in [-0.4, -0.2) is 29.8 Å². The Bertz CT molecular complexity index is 817. The van der Waals surface area contributed by atoms with Gasteiger partial charge in [-0.15, -0.1) is 0 Å². The molecule has 0 aromatic heterocycles. The third-order valence-electron chi connectivity index (χ3n) is 3.77. The molecule has 136 valence electrons. The maximum atomic E-state index is 12.3. The molecule has 2 aromatic carbocycles. The van der Waals surface area contributed by atoms with Crippen LogP contribution in [0, 0.1) is 6.92 Å². The number of rotatable bonds is 6. The van der Waals surface area contributed by atoms with Crippen LogP contribution in [0.3, 0.4) is 0 Å². The van der Waals surface area contributed by atoms with Crippen LogP contribution in [0.15, 0.2) is 53.0 Å². The molecule has 6 heteroatoms. The quantitative estimate of drug-likeness (QED) is 0.574. The molecule has 1 amide bonds. The number of hydrogen-bond acceptors (Lipinski definition) is 4. The minimum absolute atomic E-state index is 0.303. The largest absolute Gasteiger partial charge is 0.453 e. The molecular formula is C20H20BrNO4. The molecule has 2 aromatic rings. The second-order valence-corrected chi connectivity index (χ2v) is 6.93. The summed E-state index contributed by atoms with van der Waals surface area (Å²) < 4.78 is 6.06. The van der Waals surface area contributed by atoms with Gasteiger partial charge in [0.2, 0.25) is 5.78 Å². The minimum Gasteiger partial charge on any atom is -0.453 e.